The largest absolute Gasteiger partial charge is 0.355 e. The molecule has 0 aliphatic carbocycles. The average molecular weight is 443 g/mol. The Bertz CT molecular complexity index is 1070. The van der Waals surface area contributed by atoms with E-state index in [1.54, 1.807) is 4.90 Å². The van der Waals surface area contributed by atoms with Crippen molar-refractivity contribution in [1.29, 1.82) is 0 Å². The lowest BCUT2D eigenvalue weighted by atomic mass is 10.00. The Hall–Kier alpha value is -3.40. The normalized spacial score (nSPS) is 11.6. The van der Waals surface area contributed by atoms with Crippen LogP contribution in [-0.4, -0.2) is 29.3 Å². The molecular weight excluding hydrogens is 408 g/mol. The minimum Gasteiger partial charge on any atom is -0.355 e. The number of likely N-dealkylation sites (N-methyl/N-ethyl adjacent to an activating group) is 1. The van der Waals surface area contributed by atoms with Crippen molar-refractivity contribution in [2.75, 3.05) is 6.54 Å². The summed E-state index contributed by atoms with van der Waals surface area (Å²) in [5.41, 5.74) is 6.53. The molecule has 3 aromatic carbocycles. The summed E-state index contributed by atoms with van der Waals surface area (Å²) in [4.78, 5) is 28.6. The maximum atomic E-state index is 13.7. The molecule has 0 aliphatic heterocycles. The van der Waals surface area contributed by atoms with Crippen molar-refractivity contribution in [3.63, 3.8) is 0 Å². The molecule has 0 saturated heterocycles. The van der Waals surface area contributed by atoms with E-state index in [4.69, 9.17) is 0 Å². The molecule has 0 radical (unpaired) electrons. The molecule has 0 heterocycles. The first-order chi connectivity index (χ1) is 15.9. The van der Waals surface area contributed by atoms with Crippen LogP contribution >= 0.6 is 0 Å². The van der Waals surface area contributed by atoms with E-state index in [9.17, 15) is 9.59 Å². The van der Waals surface area contributed by atoms with Gasteiger partial charge in [-0.1, -0.05) is 78.4 Å². The number of nitrogens with zero attached hydrogens (tertiary/aromatic N) is 1. The van der Waals surface area contributed by atoms with Gasteiger partial charge in [0.05, 0.1) is 6.42 Å². The van der Waals surface area contributed by atoms with Crippen molar-refractivity contribution in [3.8, 4) is 0 Å². The quantitative estimate of drug-likeness (QED) is 0.511. The van der Waals surface area contributed by atoms with Crippen LogP contribution in [0.15, 0.2) is 72.8 Å². The summed E-state index contributed by atoms with van der Waals surface area (Å²) >= 11 is 0. The lowest BCUT2D eigenvalue weighted by molar-refractivity contribution is -0.140. The Morgan fingerprint density at radius 2 is 1.48 bits per heavy atom. The zero-order chi connectivity index (χ0) is 23.8. The fraction of sp³-hybridized carbons (Fsp3) is 0.310. The van der Waals surface area contributed by atoms with Crippen molar-refractivity contribution in [3.05, 3.63) is 106 Å². The third-order valence-corrected chi connectivity index (χ3v) is 6.02. The van der Waals surface area contributed by atoms with Crippen LogP contribution in [0.4, 0.5) is 0 Å². The van der Waals surface area contributed by atoms with Gasteiger partial charge in [0.2, 0.25) is 11.8 Å². The zero-order valence-electron chi connectivity index (χ0n) is 20.1. The van der Waals surface area contributed by atoms with Crippen molar-refractivity contribution in [2.24, 2.45) is 0 Å². The Morgan fingerprint density at radius 3 is 2.12 bits per heavy atom. The molecule has 0 spiro atoms. The summed E-state index contributed by atoms with van der Waals surface area (Å²) in [6.07, 6.45) is 0.731. The van der Waals surface area contributed by atoms with E-state index in [1.165, 1.54) is 5.56 Å². The summed E-state index contributed by atoms with van der Waals surface area (Å²) < 4.78 is 0. The lowest BCUT2D eigenvalue weighted by Gasteiger charge is -2.31. The smallest absolute Gasteiger partial charge is 0.243 e. The van der Waals surface area contributed by atoms with Gasteiger partial charge in [0.15, 0.2) is 0 Å². The highest BCUT2D eigenvalue weighted by Gasteiger charge is 2.30. The summed E-state index contributed by atoms with van der Waals surface area (Å²) in [6, 6.07) is 23.6. The van der Waals surface area contributed by atoms with Crippen LogP contribution < -0.4 is 5.32 Å². The molecule has 1 N–H and O–H groups in total. The van der Waals surface area contributed by atoms with E-state index in [0.717, 1.165) is 27.8 Å². The molecule has 1 atom stereocenters. The van der Waals surface area contributed by atoms with Gasteiger partial charge in [0, 0.05) is 19.5 Å². The van der Waals surface area contributed by atoms with Gasteiger partial charge in [-0.15, -0.1) is 0 Å². The summed E-state index contributed by atoms with van der Waals surface area (Å²) in [5.74, 6) is -0.173. The van der Waals surface area contributed by atoms with Crippen LogP contribution in [-0.2, 0) is 29.0 Å². The van der Waals surface area contributed by atoms with Crippen LogP contribution in [0.5, 0.6) is 0 Å². The summed E-state index contributed by atoms with van der Waals surface area (Å²) in [6.45, 7) is 8.97. The molecule has 4 heteroatoms. The monoisotopic (exact) mass is 442 g/mol. The van der Waals surface area contributed by atoms with Gasteiger partial charge >= 0.3 is 0 Å². The van der Waals surface area contributed by atoms with Crippen LogP contribution in [0.25, 0.3) is 0 Å². The van der Waals surface area contributed by atoms with Crippen molar-refractivity contribution >= 4 is 11.8 Å². The standard InChI is InChI=1S/C29H34N2O2/c1-5-30-29(33)27(18-24-9-7-6-8-10-24)31(20-25-14-11-21(2)12-15-25)28(32)19-26-16-13-22(3)23(4)17-26/h6-17,27H,5,18-20H2,1-4H3,(H,30,33). The van der Waals surface area contributed by atoms with Gasteiger partial charge in [-0.3, -0.25) is 9.59 Å². The van der Waals surface area contributed by atoms with Gasteiger partial charge in [0.1, 0.15) is 6.04 Å². The molecule has 0 saturated carbocycles. The number of carbonyl (C=O) groups excluding carboxylic acids is 2. The number of hydrogen-bond donors (Lipinski definition) is 1. The molecule has 3 rings (SSSR count). The molecular formula is C29H34N2O2. The number of carbonyl (C=O) groups is 2. The van der Waals surface area contributed by atoms with E-state index in [2.05, 4.69) is 25.2 Å². The first-order valence-electron chi connectivity index (χ1n) is 11.6. The predicted molar refractivity (Wildman–Crippen MR) is 134 cm³/mol. The number of rotatable bonds is 9. The molecule has 1 unspecified atom stereocenters. The molecule has 0 aromatic heterocycles. The fourth-order valence-electron chi connectivity index (χ4n) is 3.93. The Labute approximate surface area is 197 Å². The maximum Gasteiger partial charge on any atom is 0.243 e. The minimum atomic E-state index is -0.590. The maximum absolute atomic E-state index is 13.7. The van der Waals surface area contributed by atoms with Gasteiger partial charge < -0.3 is 10.2 Å². The van der Waals surface area contributed by atoms with Gasteiger partial charge in [-0.2, -0.15) is 0 Å². The highest BCUT2D eigenvalue weighted by atomic mass is 16.2. The van der Waals surface area contributed by atoms with Gasteiger partial charge in [0.25, 0.3) is 0 Å². The molecule has 4 nitrogen and oxygen atoms in total. The van der Waals surface area contributed by atoms with Crippen LogP contribution in [0.1, 0.15) is 40.3 Å². The van der Waals surface area contributed by atoms with Gasteiger partial charge in [-0.05, 0) is 55.5 Å². The number of amides is 2. The first kappa shape index (κ1) is 24.2. The summed E-state index contributed by atoms with van der Waals surface area (Å²) in [5, 5.41) is 2.94. The van der Waals surface area contributed by atoms with E-state index in [1.807, 2.05) is 80.6 Å². The van der Waals surface area contributed by atoms with E-state index >= 15 is 0 Å². The summed E-state index contributed by atoms with van der Waals surface area (Å²) in [7, 11) is 0. The Balaban J connectivity index is 1.95. The highest BCUT2D eigenvalue weighted by Crippen LogP contribution is 2.18. The zero-order valence-corrected chi connectivity index (χ0v) is 20.1. The number of benzene rings is 3. The van der Waals surface area contributed by atoms with E-state index in [-0.39, 0.29) is 18.2 Å². The highest BCUT2D eigenvalue weighted by molar-refractivity contribution is 5.88. The second kappa shape index (κ2) is 11.5. The molecule has 172 valence electrons. The van der Waals surface area contributed by atoms with Crippen LogP contribution in [0.2, 0.25) is 0 Å². The SMILES string of the molecule is CCNC(=O)C(Cc1ccccc1)N(Cc1ccc(C)cc1)C(=O)Cc1ccc(C)c(C)c1. The molecule has 3 aromatic rings. The predicted octanol–water partition coefficient (Wildman–Crippen LogP) is 4.93. The lowest BCUT2D eigenvalue weighted by Crippen LogP contribution is -2.50. The third kappa shape index (κ3) is 6.79. The van der Waals surface area contributed by atoms with Crippen molar-refractivity contribution < 1.29 is 9.59 Å². The van der Waals surface area contributed by atoms with Crippen molar-refractivity contribution in [2.45, 2.75) is 53.1 Å². The molecule has 2 amide bonds. The average Bonchev–Trinajstić information content (AvgIpc) is 2.80. The Kier molecular flexibility index (Phi) is 8.42. The first-order valence-corrected chi connectivity index (χ1v) is 11.6. The fourth-order valence-corrected chi connectivity index (χ4v) is 3.93. The van der Waals surface area contributed by atoms with E-state index in [0.29, 0.717) is 19.5 Å². The molecule has 33 heavy (non-hydrogen) atoms. The minimum absolute atomic E-state index is 0.0500. The van der Waals surface area contributed by atoms with Crippen LogP contribution in [0.3, 0.4) is 0 Å². The second-order valence-electron chi connectivity index (χ2n) is 8.70. The van der Waals surface area contributed by atoms with Crippen molar-refractivity contribution in [1.82, 2.24) is 10.2 Å². The molecule has 0 fully saturated rings. The molecule has 0 bridgehead atoms. The number of nitrogens with one attached hydrogen (secondary N) is 1. The topological polar surface area (TPSA) is 49.4 Å². The Morgan fingerprint density at radius 1 is 0.818 bits per heavy atom. The number of aryl methyl sites for hydroxylation is 3. The number of hydrogen-bond acceptors (Lipinski definition) is 2. The second-order valence-corrected chi connectivity index (χ2v) is 8.70. The third-order valence-electron chi connectivity index (χ3n) is 6.02. The van der Waals surface area contributed by atoms with Gasteiger partial charge in [-0.25, -0.2) is 0 Å². The van der Waals surface area contributed by atoms with Crippen LogP contribution in [0, 0.1) is 20.8 Å². The van der Waals surface area contributed by atoms with E-state index < -0.39 is 6.04 Å². The molecule has 0 aliphatic rings.